The minimum atomic E-state index is 0. The fourth-order valence-corrected chi connectivity index (χ4v) is 4.97. The molecule has 2 aromatic rings. The van der Waals surface area contributed by atoms with E-state index in [0.29, 0.717) is 0 Å². The van der Waals surface area contributed by atoms with Crippen LogP contribution in [0.2, 0.25) is 0 Å². The third kappa shape index (κ3) is 3.67. The number of aliphatic imine (C=N–C) groups is 1. The lowest BCUT2D eigenvalue weighted by Crippen LogP contribution is -2.40. The van der Waals surface area contributed by atoms with E-state index in [2.05, 4.69) is 86.3 Å². The fraction of sp³-hybridized carbons (Fsp3) is 0.450. The zero-order chi connectivity index (χ0) is 17.6. The number of aromatic nitrogens is 1. The van der Waals surface area contributed by atoms with Gasteiger partial charge < -0.3 is 14.8 Å². The Bertz CT molecular complexity index is 816. The number of fused-ring (bicyclic) bond motifs is 3. The number of rotatable bonds is 4. The summed E-state index contributed by atoms with van der Waals surface area (Å²) in [6, 6.07) is 11.1. The van der Waals surface area contributed by atoms with E-state index in [1.165, 1.54) is 12.1 Å². The van der Waals surface area contributed by atoms with Crippen LogP contribution in [0, 0.1) is 11.8 Å². The SMILES string of the molecule is CN=C(NCC1C2Cc3ccccc3C12)N(C)Cc1cc(Br)cn1C.I. The van der Waals surface area contributed by atoms with Gasteiger partial charge in [-0.1, -0.05) is 24.3 Å². The number of nitrogens with one attached hydrogen (secondary N) is 1. The van der Waals surface area contributed by atoms with Crippen molar-refractivity contribution in [2.45, 2.75) is 18.9 Å². The van der Waals surface area contributed by atoms with E-state index < -0.39 is 0 Å². The lowest BCUT2D eigenvalue weighted by atomic mass is 10.0. The predicted molar refractivity (Wildman–Crippen MR) is 121 cm³/mol. The molecule has 1 aromatic heterocycles. The Labute approximate surface area is 181 Å². The largest absolute Gasteiger partial charge is 0.356 e. The molecule has 3 atom stereocenters. The van der Waals surface area contributed by atoms with Crippen LogP contribution in [-0.2, 0) is 20.0 Å². The van der Waals surface area contributed by atoms with E-state index in [9.17, 15) is 0 Å². The highest BCUT2D eigenvalue weighted by atomic mass is 127. The number of hydrogen-bond acceptors (Lipinski definition) is 1. The van der Waals surface area contributed by atoms with E-state index >= 15 is 0 Å². The maximum atomic E-state index is 4.47. The maximum absolute atomic E-state index is 4.47. The smallest absolute Gasteiger partial charge is 0.193 e. The van der Waals surface area contributed by atoms with Gasteiger partial charge in [-0.15, -0.1) is 24.0 Å². The first-order valence-corrected chi connectivity index (χ1v) is 9.68. The summed E-state index contributed by atoms with van der Waals surface area (Å²) in [4.78, 5) is 6.66. The summed E-state index contributed by atoms with van der Waals surface area (Å²) < 4.78 is 3.27. The van der Waals surface area contributed by atoms with E-state index in [1.807, 2.05) is 7.05 Å². The minimum Gasteiger partial charge on any atom is -0.356 e. The average molecular weight is 529 g/mol. The van der Waals surface area contributed by atoms with Gasteiger partial charge in [0, 0.05) is 44.1 Å². The number of nitrogens with zero attached hydrogens (tertiary/aromatic N) is 3. The standard InChI is InChI=1S/C20H25BrN4.HI/c1-22-20(25(3)12-15-9-14(21)11-24(15)2)23-10-18-17-8-13-6-4-5-7-16(13)19(17)18;/h4-7,9,11,17-19H,8,10,12H2,1-3H3,(H,22,23);1H. The number of guanidine groups is 1. The molecule has 1 aromatic carbocycles. The van der Waals surface area contributed by atoms with Crippen LogP contribution >= 0.6 is 39.9 Å². The Hall–Kier alpha value is -1.02. The first-order chi connectivity index (χ1) is 12.1. The summed E-state index contributed by atoms with van der Waals surface area (Å²) >= 11 is 3.54. The fourth-order valence-electron chi connectivity index (χ4n) is 4.40. The summed E-state index contributed by atoms with van der Waals surface area (Å²) in [5.74, 6) is 3.31. The second kappa shape index (κ2) is 7.92. The van der Waals surface area contributed by atoms with E-state index in [0.717, 1.165) is 41.3 Å². The Balaban J connectivity index is 0.00000196. The van der Waals surface area contributed by atoms with Gasteiger partial charge in [-0.2, -0.15) is 0 Å². The van der Waals surface area contributed by atoms with Gasteiger partial charge in [0.25, 0.3) is 0 Å². The second-order valence-corrected chi connectivity index (χ2v) is 8.22. The normalized spacial score (nSPS) is 23.1. The van der Waals surface area contributed by atoms with Gasteiger partial charge in [-0.25, -0.2) is 0 Å². The topological polar surface area (TPSA) is 32.6 Å². The molecular formula is C20H26BrIN4. The monoisotopic (exact) mass is 528 g/mol. The number of halogens is 2. The molecule has 0 aliphatic heterocycles. The lowest BCUT2D eigenvalue weighted by Gasteiger charge is -2.22. The van der Waals surface area contributed by atoms with Gasteiger partial charge >= 0.3 is 0 Å². The molecule has 1 saturated carbocycles. The Morgan fingerprint density at radius 3 is 2.85 bits per heavy atom. The summed E-state index contributed by atoms with van der Waals surface area (Å²) in [6.45, 7) is 1.85. The van der Waals surface area contributed by atoms with Gasteiger partial charge in [0.1, 0.15) is 0 Å². The van der Waals surface area contributed by atoms with Crippen molar-refractivity contribution in [3.63, 3.8) is 0 Å². The van der Waals surface area contributed by atoms with E-state index in [1.54, 1.807) is 11.1 Å². The van der Waals surface area contributed by atoms with Crippen LogP contribution in [0.5, 0.6) is 0 Å². The average Bonchev–Trinajstić information content (AvgIpc) is 2.95. The van der Waals surface area contributed by atoms with Crippen molar-refractivity contribution in [3.8, 4) is 0 Å². The molecule has 1 heterocycles. The number of hydrogen-bond donors (Lipinski definition) is 1. The van der Waals surface area contributed by atoms with Crippen molar-refractivity contribution in [1.29, 1.82) is 0 Å². The molecule has 1 fully saturated rings. The highest BCUT2D eigenvalue weighted by Crippen LogP contribution is 2.60. The van der Waals surface area contributed by atoms with Crippen LogP contribution < -0.4 is 5.32 Å². The first-order valence-electron chi connectivity index (χ1n) is 8.89. The number of benzene rings is 1. The van der Waals surface area contributed by atoms with Crippen molar-refractivity contribution < 1.29 is 0 Å². The molecule has 0 amide bonds. The molecule has 26 heavy (non-hydrogen) atoms. The Kier molecular flexibility index (Phi) is 6.01. The minimum absolute atomic E-state index is 0. The highest BCUT2D eigenvalue weighted by Gasteiger charge is 2.54. The van der Waals surface area contributed by atoms with Crippen molar-refractivity contribution >= 4 is 45.9 Å². The zero-order valence-electron chi connectivity index (χ0n) is 15.4. The Morgan fingerprint density at radius 2 is 2.15 bits per heavy atom. The second-order valence-electron chi connectivity index (χ2n) is 7.30. The lowest BCUT2D eigenvalue weighted by molar-refractivity contribution is 0.458. The van der Waals surface area contributed by atoms with Crippen molar-refractivity contribution in [2.75, 3.05) is 20.6 Å². The zero-order valence-corrected chi connectivity index (χ0v) is 19.4. The van der Waals surface area contributed by atoms with E-state index in [4.69, 9.17) is 0 Å². The van der Waals surface area contributed by atoms with Gasteiger partial charge in [-0.05, 0) is 57.3 Å². The molecule has 6 heteroatoms. The maximum Gasteiger partial charge on any atom is 0.193 e. The van der Waals surface area contributed by atoms with Crippen LogP contribution in [0.25, 0.3) is 0 Å². The molecule has 4 rings (SSSR count). The van der Waals surface area contributed by atoms with Crippen molar-refractivity contribution in [3.05, 3.63) is 57.8 Å². The summed E-state index contributed by atoms with van der Waals surface area (Å²) in [6.07, 6.45) is 3.33. The molecule has 0 bridgehead atoms. The molecule has 3 unspecified atom stereocenters. The first kappa shape index (κ1) is 19.7. The van der Waals surface area contributed by atoms with Crippen molar-refractivity contribution in [2.24, 2.45) is 23.9 Å². The molecular weight excluding hydrogens is 503 g/mol. The quantitative estimate of drug-likeness (QED) is 0.369. The van der Waals surface area contributed by atoms with Crippen molar-refractivity contribution in [1.82, 2.24) is 14.8 Å². The van der Waals surface area contributed by atoms with Crippen LogP contribution in [0.15, 0.2) is 46.0 Å². The van der Waals surface area contributed by atoms with Gasteiger partial charge in [0.05, 0.1) is 6.54 Å². The van der Waals surface area contributed by atoms with Crippen LogP contribution in [0.3, 0.4) is 0 Å². The van der Waals surface area contributed by atoms with Gasteiger partial charge in [0.15, 0.2) is 5.96 Å². The highest BCUT2D eigenvalue weighted by molar-refractivity contribution is 14.0. The Morgan fingerprint density at radius 1 is 1.38 bits per heavy atom. The third-order valence-corrected chi connectivity index (χ3v) is 6.18. The molecule has 4 nitrogen and oxygen atoms in total. The third-order valence-electron chi connectivity index (χ3n) is 5.74. The molecule has 0 radical (unpaired) electrons. The summed E-state index contributed by atoms with van der Waals surface area (Å²) in [5, 5.41) is 3.59. The van der Waals surface area contributed by atoms with Crippen LogP contribution in [0.4, 0.5) is 0 Å². The van der Waals surface area contributed by atoms with Crippen LogP contribution in [0.1, 0.15) is 22.7 Å². The molecule has 2 aliphatic carbocycles. The molecule has 2 aliphatic rings. The summed E-state index contributed by atoms with van der Waals surface area (Å²) in [7, 11) is 6.04. The molecule has 0 saturated heterocycles. The van der Waals surface area contributed by atoms with E-state index in [-0.39, 0.29) is 24.0 Å². The van der Waals surface area contributed by atoms with Crippen LogP contribution in [-0.4, -0.2) is 36.1 Å². The van der Waals surface area contributed by atoms with Gasteiger partial charge in [0.2, 0.25) is 0 Å². The summed E-state index contributed by atoms with van der Waals surface area (Å²) in [5.41, 5.74) is 4.40. The number of aryl methyl sites for hydroxylation is 1. The molecule has 0 spiro atoms. The van der Waals surface area contributed by atoms with Gasteiger partial charge in [-0.3, -0.25) is 4.99 Å². The molecule has 140 valence electrons. The predicted octanol–water partition coefficient (Wildman–Crippen LogP) is 4.00. The molecule has 1 N–H and O–H groups in total.